The summed E-state index contributed by atoms with van der Waals surface area (Å²) in [5.74, 6) is 0.237. The zero-order chi connectivity index (χ0) is 25.2. The number of hydrogen-bond donors (Lipinski definition) is 2. The molecule has 202 valence electrons. The Hall–Kier alpha value is -2.50. The van der Waals surface area contributed by atoms with E-state index in [1.165, 1.54) is 12.1 Å². The fourth-order valence-electron chi connectivity index (χ4n) is 4.19. The first kappa shape index (κ1) is 30.7. The average Bonchev–Trinajstić information content (AvgIpc) is 2.78. The molecule has 2 N–H and O–H groups in total. The van der Waals surface area contributed by atoms with Gasteiger partial charge in [0.15, 0.2) is 0 Å². The second kappa shape index (κ2) is 12.8. The number of rotatable bonds is 6. The molecule has 0 radical (unpaired) electrons. The average molecular weight is 625 g/mol. The normalized spacial score (nSPS) is 17.2. The Balaban J connectivity index is 0.00000241. The van der Waals surface area contributed by atoms with Gasteiger partial charge < -0.3 is 20.3 Å². The van der Waals surface area contributed by atoms with Crippen molar-refractivity contribution in [2.75, 3.05) is 24.3 Å². The molecule has 1 saturated carbocycles. The molecule has 37 heavy (non-hydrogen) atoms. The molecule has 0 aliphatic heterocycles. The van der Waals surface area contributed by atoms with E-state index in [1.54, 1.807) is 0 Å². The van der Waals surface area contributed by atoms with Gasteiger partial charge >= 0.3 is 6.36 Å². The Morgan fingerprint density at radius 1 is 1.03 bits per heavy atom. The predicted octanol–water partition coefficient (Wildman–Crippen LogP) is 6.35. The lowest BCUT2D eigenvalue weighted by Crippen LogP contribution is -2.40. The number of para-hydroxylation sites is 1. The second-order valence-corrected chi connectivity index (χ2v) is 9.55. The standard InChI is InChI=1S/C24H25BrF3N5O2.2ClH/c1-33(2)21-17-5-3-4-6-19(17)31-23(32-21)30-16-10-8-15(9-11-16)29-22(34)18-12-7-14(25)13-20(18)35-24(26,27)28;;/h3-7,12-13,15-16H,8-11H2,1-2H3,(H,29,34)(H,30,31,32);2*1H/t15-,16+;;. The van der Waals surface area contributed by atoms with Crippen LogP contribution in [0.15, 0.2) is 46.9 Å². The van der Waals surface area contributed by atoms with Crippen LogP contribution in [0.25, 0.3) is 10.9 Å². The number of nitrogens with zero attached hydrogens (tertiary/aromatic N) is 3. The summed E-state index contributed by atoms with van der Waals surface area (Å²) in [6.07, 6.45) is -2.04. The van der Waals surface area contributed by atoms with Gasteiger partial charge in [-0.1, -0.05) is 28.1 Å². The summed E-state index contributed by atoms with van der Waals surface area (Å²) >= 11 is 3.11. The van der Waals surface area contributed by atoms with E-state index < -0.39 is 18.0 Å². The fourth-order valence-corrected chi connectivity index (χ4v) is 4.53. The fraction of sp³-hybridized carbons (Fsp3) is 0.375. The highest BCUT2D eigenvalue weighted by Gasteiger charge is 2.33. The van der Waals surface area contributed by atoms with Crippen LogP contribution in [0.5, 0.6) is 5.75 Å². The molecule has 0 unspecified atom stereocenters. The van der Waals surface area contributed by atoms with Gasteiger partial charge in [-0.25, -0.2) is 4.98 Å². The highest BCUT2D eigenvalue weighted by atomic mass is 79.9. The summed E-state index contributed by atoms with van der Waals surface area (Å²) in [6, 6.07) is 11.7. The van der Waals surface area contributed by atoms with Gasteiger partial charge in [0.25, 0.3) is 5.91 Å². The van der Waals surface area contributed by atoms with Crippen LogP contribution < -0.4 is 20.3 Å². The molecule has 4 rings (SSSR count). The molecule has 3 aromatic rings. The van der Waals surface area contributed by atoms with E-state index >= 15 is 0 Å². The van der Waals surface area contributed by atoms with Crippen LogP contribution in [0.2, 0.25) is 0 Å². The maximum absolute atomic E-state index is 12.8. The summed E-state index contributed by atoms with van der Waals surface area (Å²) in [5.41, 5.74) is 0.688. The molecule has 1 fully saturated rings. The van der Waals surface area contributed by atoms with Crippen molar-refractivity contribution in [2.24, 2.45) is 0 Å². The van der Waals surface area contributed by atoms with Crippen molar-refractivity contribution >= 4 is 69.3 Å². The van der Waals surface area contributed by atoms with E-state index in [0.29, 0.717) is 23.3 Å². The number of ether oxygens (including phenoxy) is 1. The van der Waals surface area contributed by atoms with E-state index in [4.69, 9.17) is 0 Å². The minimum Gasteiger partial charge on any atom is -0.405 e. The smallest absolute Gasteiger partial charge is 0.405 e. The Bertz CT molecular complexity index is 1220. The zero-order valence-corrected chi connectivity index (χ0v) is 23.2. The van der Waals surface area contributed by atoms with E-state index in [0.717, 1.165) is 35.6 Å². The molecular weight excluding hydrogens is 598 g/mol. The number of carbonyl (C=O) groups is 1. The number of alkyl halides is 3. The maximum Gasteiger partial charge on any atom is 0.573 e. The quantitative estimate of drug-likeness (QED) is 0.333. The van der Waals surface area contributed by atoms with Gasteiger partial charge in [0.05, 0.1) is 11.1 Å². The maximum atomic E-state index is 12.8. The van der Waals surface area contributed by atoms with Gasteiger partial charge in [-0.15, -0.1) is 38.0 Å². The highest BCUT2D eigenvalue weighted by molar-refractivity contribution is 9.10. The topological polar surface area (TPSA) is 79.4 Å². The van der Waals surface area contributed by atoms with Crippen molar-refractivity contribution in [2.45, 2.75) is 44.1 Å². The van der Waals surface area contributed by atoms with Crippen LogP contribution in [0, 0.1) is 0 Å². The summed E-state index contributed by atoms with van der Waals surface area (Å²) in [4.78, 5) is 24.0. The lowest BCUT2D eigenvalue weighted by Gasteiger charge is -2.30. The summed E-state index contributed by atoms with van der Waals surface area (Å²) in [6.45, 7) is 0. The molecule has 0 atom stereocenters. The van der Waals surface area contributed by atoms with Gasteiger partial charge in [0.2, 0.25) is 5.95 Å². The van der Waals surface area contributed by atoms with Crippen molar-refractivity contribution in [1.82, 2.24) is 15.3 Å². The molecule has 0 saturated heterocycles. The molecule has 7 nitrogen and oxygen atoms in total. The minimum atomic E-state index is -4.89. The first-order valence-electron chi connectivity index (χ1n) is 11.2. The number of halogens is 6. The highest BCUT2D eigenvalue weighted by Crippen LogP contribution is 2.30. The molecule has 1 aromatic heterocycles. The zero-order valence-electron chi connectivity index (χ0n) is 20.0. The number of carbonyl (C=O) groups excluding carboxylic acids is 1. The molecule has 0 bridgehead atoms. The summed E-state index contributed by atoms with van der Waals surface area (Å²) in [5, 5.41) is 7.22. The van der Waals surface area contributed by atoms with E-state index in [9.17, 15) is 18.0 Å². The van der Waals surface area contributed by atoms with Crippen LogP contribution in [0.4, 0.5) is 24.9 Å². The number of amides is 1. The van der Waals surface area contributed by atoms with E-state index in [-0.39, 0.29) is 42.5 Å². The Morgan fingerprint density at radius 3 is 2.32 bits per heavy atom. The van der Waals surface area contributed by atoms with Gasteiger partial charge in [-0.05, 0) is 56.0 Å². The number of aromatic nitrogens is 2. The molecule has 1 amide bonds. The lowest BCUT2D eigenvalue weighted by atomic mass is 9.91. The first-order valence-corrected chi connectivity index (χ1v) is 11.9. The molecule has 2 aromatic carbocycles. The Morgan fingerprint density at radius 2 is 1.68 bits per heavy atom. The minimum absolute atomic E-state index is 0. The number of benzene rings is 2. The third kappa shape index (κ3) is 7.99. The number of anilines is 2. The Kier molecular flexibility index (Phi) is 10.7. The van der Waals surface area contributed by atoms with E-state index in [1.807, 2.05) is 43.3 Å². The molecular formula is C24H27BrCl2F3N5O2. The molecule has 1 heterocycles. The molecule has 1 aliphatic carbocycles. The van der Waals surface area contributed by atoms with Crippen molar-refractivity contribution in [3.05, 3.63) is 52.5 Å². The lowest BCUT2D eigenvalue weighted by molar-refractivity contribution is -0.274. The Labute approximate surface area is 233 Å². The summed E-state index contributed by atoms with van der Waals surface area (Å²) < 4.78 is 42.7. The number of hydrogen-bond acceptors (Lipinski definition) is 6. The van der Waals surface area contributed by atoms with E-state index in [2.05, 4.69) is 41.3 Å². The molecule has 0 spiro atoms. The second-order valence-electron chi connectivity index (χ2n) is 8.64. The van der Waals surface area contributed by atoms with Crippen LogP contribution in [-0.2, 0) is 0 Å². The number of nitrogens with one attached hydrogen (secondary N) is 2. The van der Waals surface area contributed by atoms with Gasteiger partial charge in [0, 0.05) is 36.0 Å². The van der Waals surface area contributed by atoms with Crippen LogP contribution in [0.3, 0.4) is 0 Å². The third-order valence-electron chi connectivity index (χ3n) is 5.82. The molecule has 13 heteroatoms. The summed E-state index contributed by atoms with van der Waals surface area (Å²) in [7, 11) is 3.87. The van der Waals surface area contributed by atoms with Crippen molar-refractivity contribution in [3.63, 3.8) is 0 Å². The monoisotopic (exact) mass is 623 g/mol. The van der Waals surface area contributed by atoms with Crippen LogP contribution in [0.1, 0.15) is 36.0 Å². The van der Waals surface area contributed by atoms with Gasteiger partial charge in [0.1, 0.15) is 11.6 Å². The van der Waals surface area contributed by atoms with Gasteiger partial charge in [-0.2, -0.15) is 4.98 Å². The largest absolute Gasteiger partial charge is 0.573 e. The van der Waals surface area contributed by atoms with Crippen molar-refractivity contribution in [3.8, 4) is 5.75 Å². The van der Waals surface area contributed by atoms with Crippen LogP contribution >= 0.6 is 40.7 Å². The first-order chi connectivity index (χ1) is 16.6. The van der Waals surface area contributed by atoms with Gasteiger partial charge in [-0.3, -0.25) is 4.79 Å². The predicted molar refractivity (Wildman–Crippen MR) is 146 cm³/mol. The number of fused-ring (bicyclic) bond motifs is 1. The third-order valence-corrected chi connectivity index (χ3v) is 6.31. The molecule has 1 aliphatic rings. The van der Waals surface area contributed by atoms with Crippen molar-refractivity contribution in [1.29, 1.82) is 0 Å². The SMILES string of the molecule is CN(C)c1nc(N[C@H]2CC[C@@H](NC(=O)c3ccc(Br)cc3OC(F)(F)F)CC2)nc2ccccc12.Cl.Cl. The van der Waals surface area contributed by atoms with Crippen molar-refractivity contribution < 1.29 is 22.7 Å². The van der Waals surface area contributed by atoms with Crippen LogP contribution in [-0.4, -0.2) is 48.4 Å².